The molecule has 0 saturated carbocycles. The van der Waals surface area contributed by atoms with Crippen LogP contribution >= 0.6 is 0 Å². The number of nitrogens with zero attached hydrogens (tertiary/aromatic N) is 3. The second kappa shape index (κ2) is 7.16. The monoisotopic (exact) mass is 410 g/mol. The lowest BCUT2D eigenvalue weighted by Crippen LogP contribution is -2.50. The van der Waals surface area contributed by atoms with E-state index in [0.717, 1.165) is 17.0 Å². The van der Waals surface area contributed by atoms with Crippen molar-refractivity contribution in [1.82, 2.24) is 19.7 Å². The molecule has 2 bridgehead atoms. The molecule has 0 spiro atoms. The van der Waals surface area contributed by atoms with Gasteiger partial charge in [0, 0.05) is 37.3 Å². The van der Waals surface area contributed by atoms with Crippen LogP contribution in [0.2, 0.25) is 0 Å². The average Bonchev–Trinajstić information content (AvgIpc) is 3.33. The van der Waals surface area contributed by atoms with Crippen LogP contribution in [0.5, 0.6) is 0 Å². The Kier molecular flexibility index (Phi) is 4.45. The first kappa shape index (κ1) is 18.7. The molecule has 2 aromatic heterocycles. The fraction of sp³-hybridized carbons (Fsp3) is 0.429. The number of rotatable bonds is 4. The van der Waals surface area contributed by atoms with Gasteiger partial charge in [-0.15, -0.1) is 0 Å². The number of nitrogens with one attached hydrogen (secondary N) is 1. The largest absolute Gasteiger partial charge is 0.467 e. The van der Waals surface area contributed by atoms with Gasteiger partial charge in [0.1, 0.15) is 11.8 Å². The molecular weight excluding hydrogens is 388 g/mol. The highest BCUT2D eigenvalue weighted by Crippen LogP contribution is 2.35. The van der Waals surface area contributed by atoms with Crippen molar-refractivity contribution in [1.29, 1.82) is 0 Å². The Labute approximate surface area is 172 Å². The van der Waals surface area contributed by atoms with E-state index in [1.54, 1.807) is 29.2 Å². The maximum atomic E-state index is 13.0. The van der Waals surface area contributed by atoms with Crippen molar-refractivity contribution in [3.05, 3.63) is 58.4 Å². The zero-order chi connectivity index (χ0) is 20.8. The third-order valence-electron chi connectivity index (χ3n) is 6.21. The Bertz CT molecular complexity index is 1060. The van der Waals surface area contributed by atoms with Gasteiger partial charge in [0.25, 0.3) is 11.5 Å². The molecule has 5 rings (SSSR count). The number of hydrogen-bond donors (Lipinski definition) is 1. The van der Waals surface area contributed by atoms with E-state index in [1.807, 2.05) is 10.6 Å². The van der Waals surface area contributed by atoms with Gasteiger partial charge in [-0.2, -0.15) is 0 Å². The lowest BCUT2D eigenvalue weighted by Gasteiger charge is -2.43. The number of likely N-dealkylation sites (tertiary alicyclic amines) is 1. The molecule has 5 heterocycles. The minimum atomic E-state index is -0.864. The molecule has 2 saturated heterocycles. The molecule has 2 aromatic rings. The van der Waals surface area contributed by atoms with Crippen molar-refractivity contribution in [2.45, 2.75) is 37.9 Å². The molecule has 2 fully saturated rings. The quantitative estimate of drug-likeness (QED) is 0.754. The molecule has 30 heavy (non-hydrogen) atoms. The molecule has 0 aromatic carbocycles. The number of carbonyl (C=O) groups excluding carboxylic acids is 3. The van der Waals surface area contributed by atoms with Gasteiger partial charge in [-0.25, -0.2) is 4.79 Å². The zero-order valence-corrected chi connectivity index (χ0v) is 16.3. The summed E-state index contributed by atoms with van der Waals surface area (Å²) in [4.78, 5) is 52.8. The molecule has 0 radical (unpaired) electrons. The van der Waals surface area contributed by atoms with Crippen LogP contribution in [-0.2, 0) is 22.7 Å². The Morgan fingerprint density at radius 1 is 1.10 bits per heavy atom. The van der Waals surface area contributed by atoms with Crippen LogP contribution in [0.25, 0.3) is 0 Å². The minimum Gasteiger partial charge on any atom is -0.467 e. The van der Waals surface area contributed by atoms with Crippen LogP contribution < -0.4 is 10.9 Å². The summed E-state index contributed by atoms with van der Waals surface area (Å²) in [7, 11) is 0. The van der Waals surface area contributed by atoms with Gasteiger partial charge >= 0.3 is 6.03 Å². The molecule has 9 nitrogen and oxygen atoms in total. The lowest BCUT2D eigenvalue weighted by atomic mass is 9.83. The average molecular weight is 410 g/mol. The van der Waals surface area contributed by atoms with E-state index < -0.39 is 18.0 Å². The van der Waals surface area contributed by atoms with Gasteiger partial charge in [0.05, 0.1) is 19.2 Å². The number of hydrogen-bond acceptors (Lipinski definition) is 5. The summed E-state index contributed by atoms with van der Waals surface area (Å²) in [5.41, 5.74) is 0.962. The normalized spacial score (nSPS) is 25.3. The lowest BCUT2D eigenvalue weighted by molar-refractivity contribution is -0.137. The fourth-order valence-corrected chi connectivity index (χ4v) is 4.83. The summed E-state index contributed by atoms with van der Waals surface area (Å²) < 4.78 is 7.02. The van der Waals surface area contributed by atoms with Crippen molar-refractivity contribution < 1.29 is 18.8 Å². The predicted octanol–water partition coefficient (Wildman–Crippen LogP) is 0.898. The third kappa shape index (κ3) is 3.20. The van der Waals surface area contributed by atoms with Crippen molar-refractivity contribution in [3.8, 4) is 0 Å². The smallest absolute Gasteiger partial charge is 0.325 e. The molecule has 3 atom stereocenters. The maximum Gasteiger partial charge on any atom is 0.325 e. The first-order valence-electron chi connectivity index (χ1n) is 10.1. The van der Waals surface area contributed by atoms with E-state index in [-0.39, 0.29) is 36.3 Å². The van der Waals surface area contributed by atoms with E-state index >= 15 is 0 Å². The van der Waals surface area contributed by atoms with Crippen molar-refractivity contribution >= 4 is 17.8 Å². The van der Waals surface area contributed by atoms with E-state index in [4.69, 9.17) is 4.42 Å². The fourth-order valence-electron chi connectivity index (χ4n) is 4.83. The molecule has 156 valence electrons. The summed E-state index contributed by atoms with van der Waals surface area (Å²) in [6, 6.07) is 7.27. The second-order valence-electron chi connectivity index (χ2n) is 8.21. The molecule has 0 aliphatic carbocycles. The van der Waals surface area contributed by atoms with E-state index in [0.29, 0.717) is 25.4 Å². The van der Waals surface area contributed by atoms with Gasteiger partial charge in [0.2, 0.25) is 5.91 Å². The van der Waals surface area contributed by atoms with Crippen LogP contribution in [0, 0.1) is 5.92 Å². The Hall–Kier alpha value is -3.36. The van der Waals surface area contributed by atoms with Gasteiger partial charge in [-0.1, -0.05) is 6.07 Å². The number of urea groups is 1. The molecule has 3 aliphatic heterocycles. The van der Waals surface area contributed by atoms with Crippen molar-refractivity contribution in [2.24, 2.45) is 5.92 Å². The molecular formula is C21H22N4O5. The number of carbonyl (C=O) groups is 3. The molecule has 3 aliphatic rings. The maximum absolute atomic E-state index is 13.0. The van der Waals surface area contributed by atoms with Gasteiger partial charge in [-0.05, 0) is 30.5 Å². The summed E-state index contributed by atoms with van der Waals surface area (Å²) in [5.74, 6) is 0.251. The SMILES string of the molecule is O=C(C[C@H]1NC(=O)N(Cc2ccco2)C1=O)N1C[C@@H]2C[C@H](C1)c1cccc(=O)n1C2. The number of aromatic nitrogens is 1. The summed E-state index contributed by atoms with van der Waals surface area (Å²) in [5, 5.41) is 2.61. The first-order chi connectivity index (χ1) is 14.5. The van der Waals surface area contributed by atoms with Gasteiger partial charge < -0.3 is 19.2 Å². The predicted molar refractivity (Wildman–Crippen MR) is 104 cm³/mol. The summed E-state index contributed by atoms with van der Waals surface area (Å²) >= 11 is 0. The number of fused-ring (bicyclic) bond motifs is 4. The summed E-state index contributed by atoms with van der Waals surface area (Å²) in [6.07, 6.45) is 2.36. The van der Waals surface area contributed by atoms with Crippen LogP contribution in [0.1, 0.15) is 30.2 Å². The number of imide groups is 1. The Morgan fingerprint density at radius 2 is 1.97 bits per heavy atom. The highest BCUT2D eigenvalue weighted by atomic mass is 16.3. The number of piperidine rings is 1. The standard InChI is InChI=1S/C21H22N4O5/c26-18-5-1-4-17-14-7-13(10-24(17)18)9-23(11-14)19(27)8-16-20(28)25(21(29)22-16)12-15-3-2-6-30-15/h1-6,13-14,16H,7-12H2,(H,22,29)/t13-,14+,16+/m0/s1. The minimum absolute atomic E-state index is 0.00195. The van der Waals surface area contributed by atoms with Crippen LogP contribution in [0.15, 0.2) is 45.8 Å². The topological polar surface area (TPSA) is 105 Å². The molecule has 0 unspecified atom stereocenters. The van der Waals surface area contributed by atoms with Crippen LogP contribution in [0.3, 0.4) is 0 Å². The molecule has 1 N–H and O–H groups in total. The van der Waals surface area contributed by atoms with Gasteiger partial charge in [0.15, 0.2) is 0 Å². The first-order valence-corrected chi connectivity index (χ1v) is 10.1. The third-order valence-corrected chi connectivity index (χ3v) is 6.21. The highest BCUT2D eigenvalue weighted by molar-refractivity contribution is 6.05. The molecule has 9 heteroatoms. The van der Waals surface area contributed by atoms with E-state index in [9.17, 15) is 19.2 Å². The number of furan rings is 1. The summed E-state index contributed by atoms with van der Waals surface area (Å²) in [6.45, 7) is 1.72. The Balaban J connectivity index is 1.26. The highest BCUT2D eigenvalue weighted by Gasteiger charge is 2.42. The number of pyridine rings is 1. The van der Waals surface area contributed by atoms with Crippen LogP contribution in [-0.4, -0.2) is 51.3 Å². The Morgan fingerprint density at radius 3 is 2.77 bits per heavy atom. The van der Waals surface area contributed by atoms with E-state index in [2.05, 4.69) is 5.32 Å². The van der Waals surface area contributed by atoms with Crippen LogP contribution in [0.4, 0.5) is 4.79 Å². The molecule has 4 amide bonds. The van der Waals surface area contributed by atoms with E-state index in [1.165, 1.54) is 6.26 Å². The second-order valence-corrected chi connectivity index (χ2v) is 8.21. The van der Waals surface area contributed by atoms with Crippen molar-refractivity contribution in [3.63, 3.8) is 0 Å². The zero-order valence-electron chi connectivity index (χ0n) is 16.3. The van der Waals surface area contributed by atoms with Crippen molar-refractivity contribution in [2.75, 3.05) is 13.1 Å². The van der Waals surface area contributed by atoms with Gasteiger partial charge in [-0.3, -0.25) is 19.3 Å². The number of amides is 4.